The van der Waals surface area contributed by atoms with E-state index in [1.165, 1.54) is 6.07 Å². The SMILES string of the molecule is O=C1NC2(CO1)CN(C(=O)N1CC3(CC(Cc4ccc(F)cc4C(F)(F)F)C3)C1)C2. The Kier molecular flexibility index (Phi) is 4.05. The lowest BCUT2D eigenvalue weighted by atomic mass is 9.56. The van der Waals surface area contributed by atoms with E-state index in [9.17, 15) is 27.2 Å². The molecule has 3 saturated heterocycles. The van der Waals surface area contributed by atoms with E-state index in [4.69, 9.17) is 4.74 Å². The second-order valence-electron chi connectivity index (χ2n) is 9.25. The van der Waals surface area contributed by atoms with Crippen molar-refractivity contribution in [2.45, 2.75) is 31.0 Å². The zero-order valence-electron chi connectivity index (χ0n) is 16.1. The molecule has 30 heavy (non-hydrogen) atoms. The van der Waals surface area contributed by atoms with E-state index in [1.807, 2.05) is 0 Å². The van der Waals surface area contributed by atoms with Gasteiger partial charge in [0.1, 0.15) is 18.0 Å². The van der Waals surface area contributed by atoms with Crippen LogP contribution in [0.25, 0.3) is 0 Å². The molecule has 1 aliphatic carbocycles. The Hall–Kier alpha value is -2.52. The molecule has 0 aromatic heterocycles. The van der Waals surface area contributed by atoms with Crippen LogP contribution in [-0.2, 0) is 17.3 Å². The number of alkyl carbamates (subject to hydrolysis) is 1. The molecule has 6 nitrogen and oxygen atoms in total. The summed E-state index contributed by atoms with van der Waals surface area (Å²) in [5.41, 5.74) is -1.24. The van der Waals surface area contributed by atoms with E-state index in [0.29, 0.717) is 32.2 Å². The molecule has 0 radical (unpaired) electrons. The van der Waals surface area contributed by atoms with E-state index < -0.39 is 29.2 Å². The molecular weight excluding hydrogens is 406 g/mol. The number of nitrogens with one attached hydrogen (secondary N) is 1. The van der Waals surface area contributed by atoms with Gasteiger partial charge in [0.25, 0.3) is 0 Å². The third-order valence-electron chi connectivity index (χ3n) is 6.76. The third-order valence-corrected chi connectivity index (χ3v) is 6.76. The number of nitrogens with zero attached hydrogens (tertiary/aromatic N) is 2. The Balaban J connectivity index is 1.11. The summed E-state index contributed by atoms with van der Waals surface area (Å²) in [6.07, 6.45) is -3.24. The number of ether oxygens (including phenoxy) is 1. The van der Waals surface area contributed by atoms with Crippen LogP contribution in [0.15, 0.2) is 18.2 Å². The number of halogens is 4. The summed E-state index contributed by atoms with van der Waals surface area (Å²) in [6, 6.07) is 2.78. The Morgan fingerprint density at radius 2 is 1.83 bits per heavy atom. The summed E-state index contributed by atoms with van der Waals surface area (Å²) in [5.74, 6) is -0.784. The maximum Gasteiger partial charge on any atom is 0.416 e. The Morgan fingerprint density at radius 3 is 2.43 bits per heavy atom. The Bertz CT molecular complexity index is 899. The molecule has 162 valence electrons. The molecule has 3 aliphatic heterocycles. The van der Waals surface area contributed by atoms with Crippen molar-refractivity contribution in [1.82, 2.24) is 15.1 Å². The highest BCUT2D eigenvalue weighted by Gasteiger charge is 2.57. The first-order valence-electron chi connectivity index (χ1n) is 9.91. The van der Waals surface area contributed by atoms with E-state index in [1.54, 1.807) is 9.80 Å². The fourth-order valence-electron chi connectivity index (χ4n) is 5.45. The number of amides is 3. The van der Waals surface area contributed by atoms with Gasteiger partial charge >= 0.3 is 18.3 Å². The lowest BCUT2D eigenvalue weighted by molar-refractivity contribution is -0.138. The maximum atomic E-state index is 13.3. The van der Waals surface area contributed by atoms with Gasteiger partial charge in [-0.1, -0.05) is 6.07 Å². The van der Waals surface area contributed by atoms with Gasteiger partial charge in [-0.3, -0.25) is 0 Å². The molecule has 5 rings (SSSR count). The van der Waals surface area contributed by atoms with Crippen LogP contribution in [0.2, 0.25) is 0 Å². The van der Waals surface area contributed by atoms with E-state index >= 15 is 0 Å². The molecule has 3 heterocycles. The number of likely N-dealkylation sites (tertiary alicyclic amines) is 2. The summed E-state index contributed by atoms with van der Waals surface area (Å²) >= 11 is 0. The van der Waals surface area contributed by atoms with Crippen molar-refractivity contribution in [1.29, 1.82) is 0 Å². The van der Waals surface area contributed by atoms with Crippen molar-refractivity contribution in [3.05, 3.63) is 35.1 Å². The molecule has 2 spiro atoms. The van der Waals surface area contributed by atoms with Crippen LogP contribution < -0.4 is 5.32 Å². The minimum absolute atomic E-state index is 0.00794. The zero-order chi connectivity index (χ0) is 21.3. The van der Waals surface area contributed by atoms with E-state index in [0.717, 1.165) is 18.9 Å². The number of benzene rings is 1. The third kappa shape index (κ3) is 3.16. The first-order valence-corrected chi connectivity index (χ1v) is 9.91. The summed E-state index contributed by atoms with van der Waals surface area (Å²) in [4.78, 5) is 27.2. The minimum Gasteiger partial charge on any atom is -0.447 e. The smallest absolute Gasteiger partial charge is 0.416 e. The minimum atomic E-state index is -4.57. The van der Waals surface area contributed by atoms with Gasteiger partial charge in [-0.15, -0.1) is 0 Å². The van der Waals surface area contributed by atoms with Crippen LogP contribution in [0.4, 0.5) is 27.2 Å². The monoisotopic (exact) mass is 427 g/mol. The van der Waals surface area contributed by atoms with Gasteiger partial charge in [0.2, 0.25) is 0 Å². The zero-order valence-corrected chi connectivity index (χ0v) is 16.1. The highest BCUT2D eigenvalue weighted by Crippen LogP contribution is 2.53. The molecule has 4 fully saturated rings. The number of urea groups is 1. The Labute approximate surface area is 170 Å². The van der Waals surface area contributed by atoms with Gasteiger partial charge < -0.3 is 19.9 Å². The van der Waals surface area contributed by atoms with Crippen molar-refractivity contribution in [2.24, 2.45) is 11.3 Å². The van der Waals surface area contributed by atoms with Gasteiger partial charge in [0.15, 0.2) is 0 Å². The lowest BCUT2D eigenvalue weighted by Crippen LogP contribution is -2.74. The number of hydrogen-bond acceptors (Lipinski definition) is 3. The molecule has 1 N–H and O–H groups in total. The van der Waals surface area contributed by atoms with Gasteiger partial charge in [-0.25, -0.2) is 14.0 Å². The highest BCUT2D eigenvalue weighted by atomic mass is 19.4. The van der Waals surface area contributed by atoms with E-state index in [2.05, 4.69) is 5.32 Å². The quantitative estimate of drug-likeness (QED) is 0.739. The number of alkyl halides is 3. The van der Waals surface area contributed by atoms with Crippen molar-refractivity contribution in [3.63, 3.8) is 0 Å². The fourth-order valence-corrected chi connectivity index (χ4v) is 5.45. The van der Waals surface area contributed by atoms with E-state index in [-0.39, 0.29) is 36.0 Å². The summed E-state index contributed by atoms with van der Waals surface area (Å²) < 4.78 is 57.7. The van der Waals surface area contributed by atoms with Crippen molar-refractivity contribution in [3.8, 4) is 0 Å². The first kappa shape index (κ1) is 19.4. The van der Waals surface area contributed by atoms with Gasteiger partial charge in [0.05, 0.1) is 18.7 Å². The van der Waals surface area contributed by atoms with Gasteiger partial charge in [0, 0.05) is 18.5 Å². The van der Waals surface area contributed by atoms with Gasteiger partial charge in [-0.2, -0.15) is 13.2 Å². The first-order chi connectivity index (χ1) is 14.1. The predicted molar refractivity (Wildman–Crippen MR) is 96.0 cm³/mol. The topological polar surface area (TPSA) is 61.9 Å². The van der Waals surface area contributed by atoms with Crippen LogP contribution in [0.1, 0.15) is 24.0 Å². The normalized spacial score (nSPS) is 24.2. The molecular formula is C20H21F4N3O3. The molecule has 1 aromatic carbocycles. The summed E-state index contributed by atoms with van der Waals surface area (Å²) in [7, 11) is 0. The summed E-state index contributed by atoms with van der Waals surface area (Å²) in [5, 5.41) is 2.74. The van der Waals surface area contributed by atoms with Crippen LogP contribution in [0, 0.1) is 17.2 Å². The highest BCUT2D eigenvalue weighted by molar-refractivity contribution is 5.78. The summed E-state index contributed by atoms with van der Waals surface area (Å²) in [6.45, 7) is 2.32. The van der Waals surface area contributed by atoms with Crippen molar-refractivity contribution < 1.29 is 31.9 Å². The number of rotatable bonds is 2. The molecule has 1 saturated carbocycles. The molecule has 10 heteroatoms. The lowest BCUT2D eigenvalue weighted by Gasteiger charge is -2.61. The molecule has 0 unspecified atom stereocenters. The average Bonchev–Trinajstić information content (AvgIpc) is 2.96. The van der Waals surface area contributed by atoms with Crippen LogP contribution in [-0.4, -0.2) is 60.2 Å². The van der Waals surface area contributed by atoms with Crippen LogP contribution in [0.5, 0.6) is 0 Å². The number of carbonyl (C=O) groups is 2. The molecule has 4 aliphatic rings. The maximum absolute atomic E-state index is 13.3. The molecule has 1 aromatic rings. The number of hydrogen-bond donors (Lipinski definition) is 1. The average molecular weight is 427 g/mol. The van der Waals surface area contributed by atoms with Crippen molar-refractivity contribution in [2.75, 3.05) is 32.8 Å². The van der Waals surface area contributed by atoms with Gasteiger partial charge in [-0.05, 0) is 42.9 Å². The van der Waals surface area contributed by atoms with Crippen LogP contribution in [0.3, 0.4) is 0 Å². The van der Waals surface area contributed by atoms with Crippen molar-refractivity contribution >= 4 is 12.1 Å². The van der Waals surface area contributed by atoms with Crippen LogP contribution >= 0.6 is 0 Å². The standard InChI is InChI=1S/C20H21F4N3O3/c21-14-2-1-13(15(4-14)20(22,23)24)3-12-5-18(6-12)7-26(8-18)17(29)27-9-19(10-27)11-30-16(28)25-19/h1-2,4,12H,3,5-11H2,(H,25,28). The largest absolute Gasteiger partial charge is 0.447 e. The second-order valence-corrected chi connectivity index (χ2v) is 9.25. The number of carbonyl (C=O) groups excluding carboxylic acids is 2. The number of cyclic esters (lactones) is 1. The Morgan fingerprint density at radius 1 is 1.17 bits per heavy atom. The molecule has 3 amide bonds. The second kappa shape index (κ2) is 6.24. The predicted octanol–water partition coefficient (Wildman–Crippen LogP) is 3.01. The molecule has 0 bridgehead atoms. The molecule has 0 atom stereocenters. The fraction of sp³-hybridized carbons (Fsp3) is 0.600.